The zero-order valence-electron chi connectivity index (χ0n) is 16.1. The summed E-state index contributed by atoms with van der Waals surface area (Å²) in [4.78, 5) is 50.2. The molecule has 4 amide bonds. The highest BCUT2D eigenvalue weighted by atomic mass is 16.2. The van der Waals surface area contributed by atoms with E-state index in [4.69, 9.17) is 0 Å². The van der Waals surface area contributed by atoms with Gasteiger partial charge in [-0.3, -0.25) is 29.4 Å². The maximum atomic E-state index is 12.9. The summed E-state index contributed by atoms with van der Waals surface area (Å²) in [5, 5.41) is 9.18. The molecule has 0 aromatic heterocycles. The Morgan fingerprint density at radius 1 is 1.03 bits per heavy atom. The van der Waals surface area contributed by atoms with Crippen molar-refractivity contribution in [1.82, 2.24) is 15.5 Å². The third kappa shape index (κ3) is 3.21. The van der Waals surface area contributed by atoms with E-state index in [1.165, 1.54) is 12.8 Å². The second kappa shape index (κ2) is 6.95. The standard InChI is InChI=1S/C21H24N4O4/c26-18-6-5-17(19(27)24-18)25-20(28)13-4-3-12(8-15(13)21(25)29)23-16-9-14(16)11-2-1-7-22-10-11/h3-4,8,11,14,16-17,22-23H,1-2,5-7,9-10H2,(H,24,26,27). The van der Waals surface area contributed by atoms with Crippen molar-refractivity contribution in [2.45, 2.75) is 44.2 Å². The molecule has 1 aromatic rings. The number of hydrogen-bond acceptors (Lipinski definition) is 6. The molecular weight excluding hydrogens is 372 g/mol. The second-order valence-corrected chi connectivity index (χ2v) is 8.46. The van der Waals surface area contributed by atoms with E-state index in [0.717, 1.165) is 30.1 Å². The van der Waals surface area contributed by atoms with Crippen molar-refractivity contribution < 1.29 is 19.2 Å². The number of carbonyl (C=O) groups excluding carboxylic acids is 4. The first-order chi connectivity index (χ1) is 14.0. The molecule has 0 radical (unpaired) electrons. The number of hydrogen-bond donors (Lipinski definition) is 3. The molecule has 2 saturated heterocycles. The molecule has 3 fully saturated rings. The Balaban J connectivity index is 1.30. The lowest BCUT2D eigenvalue weighted by Gasteiger charge is -2.27. The zero-order chi connectivity index (χ0) is 20.1. The van der Waals surface area contributed by atoms with Gasteiger partial charge in [-0.2, -0.15) is 0 Å². The van der Waals surface area contributed by atoms with Crippen LogP contribution in [0.15, 0.2) is 18.2 Å². The fourth-order valence-electron chi connectivity index (χ4n) is 4.92. The van der Waals surface area contributed by atoms with Crippen LogP contribution in [0.3, 0.4) is 0 Å². The minimum absolute atomic E-state index is 0.121. The Morgan fingerprint density at radius 2 is 1.86 bits per heavy atom. The van der Waals surface area contributed by atoms with E-state index >= 15 is 0 Å². The van der Waals surface area contributed by atoms with Crippen LogP contribution < -0.4 is 16.0 Å². The van der Waals surface area contributed by atoms with Gasteiger partial charge in [-0.15, -0.1) is 0 Å². The lowest BCUT2D eigenvalue weighted by molar-refractivity contribution is -0.136. The summed E-state index contributed by atoms with van der Waals surface area (Å²) < 4.78 is 0. The van der Waals surface area contributed by atoms with Crippen LogP contribution in [0.4, 0.5) is 5.69 Å². The van der Waals surface area contributed by atoms with Crippen LogP contribution in [-0.4, -0.2) is 53.7 Å². The Bertz CT molecular complexity index is 908. The summed E-state index contributed by atoms with van der Waals surface area (Å²) in [6.45, 7) is 2.17. The Kier molecular flexibility index (Phi) is 4.38. The average Bonchev–Trinajstić information content (AvgIpc) is 3.44. The third-order valence-corrected chi connectivity index (χ3v) is 6.57. The van der Waals surface area contributed by atoms with Crippen molar-refractivity contribution in [2.75, 3.05) is 18.4 Å². The minimum Gasteiger partial charge on any atom is -0.382 e. The first-order valence-corrected chi connectivity index (χ1v) is 10.4. The smallest absolute Gasteiger partial charge is 0.262 e. The van der Waals surface area contributed by atoms with Crippen LogP contribution in [-0.2, 0) is 9.59 Å². The molecule has 3 heterocycles. The van der Waals surface area contributed by atoms with Crippen molar-refractivity contribution in [1.29, 1.82) is 0 Å². The van der Waals surface area contributed by atoms with Crippen LogP contribution in [0.25, 0.3) is 0 Å². The van der Waals surface area contributed by atoms with E-state index in [2.05, 4.69) is 16.0 Å². The molecular formula is C21H24N4O4. The number of rotatable bonds is 4. The van der Waals surface area contributed by atoms with Crippen molar-refractivity contribution in [3.8, 4) is 0 Å². The number of piperidine rings is 2. The molecule has 5 rings (SSSR count). The molecule has 0 spiro atoms. The fourth-order valence-corrected chi connectivity index (χ4v) is 4.92. The normalized spacial score (nSPS) is 31.5. The highest BCUT2D eigenvalue weighted by molar-refractivity contribution is 6.23. The summed E-state index contributed by atoms with van der Waals surface area (Å²) in [7, 11) is 0. The van der Waals surface area contributed by atoms with Crippen molar-refractivity contribution in [3.05, 3.63) is 29.3 Å². The fraction of sp³-hybridized carbons (Fsp3) is 0.524. The molecule has 8 nitrogen and oxygen atoms in total. The average molecular weight is 396 g/mol. The first-order valence-electron chi connectivity index (χ1n) is 10.4. The van der Waals surface area contributed by atoms with Gasteiger partial charge >= 0.3 is 0 Å². The summed E-state index contributed by atoms with van der Waals surface area (Å²) in [5.41, 5.74) is 1.46. The number of nitrogens with one attached hydrogen (secondary N) is 3. The van der Waals surface area contributed by atoms with E-state index in [9.17, 15) is 19.2 Å². The predicted molar refractivity (Wildman–Crippen MR) is 104 cm³/mol. The monoisotopic (exact) mass is 396 g/mol. The maximum Gasteiger partial charge on any atom is 0.262 e. The van der Waals surface area contributed by atoms with Gasteiger partial charge < -0.3 is 10.6 Å². The number of benzene rings is 1. The molecule has 4 aliphatic rings. The topological polar surface area (TPSA) is 108 Å². The maximum absolute atomic E-state index is 12.9. The van der Waals surface area contributed by atoms with Gasteiger partial charge in [-0.25, -0.2) is 0 Å². The number of carbonyl (C=O) groups is 4. The zero-order valence-corrected chi connectivity index (χ0v) is 16.1. The van der Waals surface area contributed by atoms with Crippen LogP contribution >= 0.6 is 0 Å². The van der Waals surface area contributed by atoms with Gasteiger partial charge in [0.15, 0.2) is 0 Å². The number of imide groups is 2. The summed E-state index contributed by atoms with van der Waals surface area (Å²) in [6, 6.07) is 4.67. The highest BCUT2D eigenvalue weighted by Crippen LogP contribution is 2.42. The minimum atomic E-state index is -0.928. The quantitative estimate of drug-likeness (QED) is 0.653. The summed E-state index contributed by atoms with van der Waals surface area (Å²) in [6.07, 6.45) is 3.89. The molecule has 3 aliphatic heterocycles. The Morgan fingerprint density at radius 3 is 2.62 bits per heavy atom. The third-order valence-electron chi connectivity index (χ3n) is 6.57. The van der Waals surface area contributed by atoms with Gasteiger partial charge in [-0.1, -0.05) is 0 Å². The lowest BCUT2D eigenvalue weighted by atomic mass is 9.94. The molecule has 1 aromatic carbocycles. The van der Waals surface area contributed by atoms with Gasteiger partial charge in [0.05, 0.1) is 11.1 Å². The first kappa shape index (κ1) is 18.3. The van der Waals surface area contributed by atoms with Gasteiger partial charge in [-0.05, 0) is 68.8 Å². The van der Waals surface area contributed by atoms with E-state index in [1.54, 1.807) is 12.1 Å². The molecule has 4 unspecified atom stereocenters. The molecule has 152 valence electrons. The number of nitrogens with zero attached hydrogens (tertiary/aromatic N) is 1. The van der Waals surface area contributed by atoms with Crippen LogP contribution in [0.5, 0.6) is 0 Å². The number of amides is 4. The van der Waals surface area contributed by atoms with Gasteiger partial charge in [0.25, 0.3) is 11.8 Å². The molecule has 0 bridgehead atoms. The number of anilines is 1. The molecule has 1 saturated carbocycles. The molecule has 1 aliphatic carbocycles. The van der Waals surface area contributed by atoms with Crippen molar-refractivity contribution in [3.63, 3.8) is 0 Å². The van der Waals surface area contributed by atoms with Gasteiger partial charge in [0.2, 0.25) is 11.8 Å². The highest BCUT2D eigenvalue weighted by Gasteiger charge is 2.46. The molecule has 3 N–H and O–H groups in total. The second-order valence-electron chi connectivity index (χ2n) is 8.46. The molecule has 8 heteroatoms. The summed E-state index contributed by atoms with van der Waals surface area (Å²) >= 11 is 0. The van der Waals surface area contributed by atoms with Crippen LogP contribution in [0.2, 0.25) is 0 Å². The molecule has 4 atom stereocenters. The Labute approximate surface area is 168 Å². The van der Waals surface area contributed by atoms with Crippen molar-refractivity contribution in [2.24, 2.45) is 11.8 Å². The van der Waals surface area contributed by atoms with E-state index in [0.29, 0.717) is 29.0 Å². The van der Waals surface area contributed by atoms with Gasteiger partial charge in [0.1, 0.15) is 6.04 Å². The lowest BCUT2D eigenvalue weighted by Crippen LogP contribution is -2.54. The Hall–Kier alpha value is -2.74. The largest absolute Gasteiger partial charge is 0.382 e. The van der Waals surface area contributed by atoms with E-state index < -0.39 is 23.8 Å². The number of fused-ring (bicyclic) bond motifs is 1. The van der Waals surface area contributed by atoms with Crippen LogP contribution in [0, 0.1) is 11.8 Å². The van der Waals surface area contributed by atoms with E-state index in [-0.39, 0.29) is 18.7 Å². The molecule has 29 heavy (non-hydrogen) atoms. The SMILES string of the molecule is O=C1CCC(N2C(=O)c3ccc(NC4CC4C4CCCNC4)cc3C2=O)C(=O)N1. The van der Waals surface area contributed by atoms with Gasteiger partial charge in [0, 0.05) is 18.2 Å². The van der Waals surface area contributed by atoms with Crippen LogP contribution in [0.1, 0.15) is 52.8 Å². The van der Waals surface area contributed by atoms with E-state index in [1.807, 2.05) is 6.07 Å². The summed E-state index contributed by atoms with van der Waals surface area (Å²) in [5.74, 6) is -0.552. The predicted octanol–water partition coefficient (Wildman–Crippen LogP) is 0.888. The van der Waals surface area contributed by atoms with Crippen molar-refractivity contribution >= 4 is 29.3 Å².